The standard InChI is InChI=1S/C23H30N2O2/c1-16(2)22(23(27)24-20-10-4-3-5-11-20)25-21(26)15-17-12-13-18-8-6-7-9-19(18)14-17/h6-9,12-14,16,20,22H,3-5,10-11,15H2,1-2H3,(H,24,27)(H,25,26). The highest BCUT2D eigenvalue weighted by atomic mass is 16.2. The Morgan fingerprint density at radius 3 is 2.41 bits per heavy atom. The van der Waals surface area contributed by atoms with Gasteiger partial charge in [0.2, 0.25) is 11.8 Å². The molecule has 2 aromatic carbocycles. The minimum Gasteiger partial charge on any atom is -0.352 e. The van der Waals surface area contributed by atoms with Crippen molar-refractivity contribution >= 4 is 22.6 Å². The molecular weight excluding hydrogens is 336 g/mol. The van der Waals surface area contributed by atoms with Crippen LogP contribution in [0, 0.1) is 5.92 Å². The Labute approximate surface area is 161 Å². The quantitative estimate of drug-likeness (QED) is 0.813. The number of fused-ring (bicyclic) bond motifs is 1. The van der Waals surface area contributed by atoms with Gasteiger partial charge in [0.1, 0.15) is 6.04 Å². The molecule has 1 aliphatic rings. The molecule has 1 fully saturated rings. The van der Waals surface area contributed by atoms with Gasteiger partial charge in [-0.3, -0.25) is 9.59 Å². The number of carbonyl (C=O) groups excluding carboxylic acids is 2. The first-order valence-corrected chi connectivity index (χ1v) is 10.1. The number of hydrogen-bond donors (Lipinski definition) is 2. The van der Waals surface area contributed by atoms with Crippen LogP contribution in [0.25, 0.3) is 10.8 Å². The summed E-state index contributed by atoms with van der Waals surface area (Å²) >= 11 is 0. The summed E-state index contributed by atoms with van der Waals surface area (Å²) in [5.74, 6) is -0.110. The summed E-state index contributed by atoms with van der Waals surface area (Å²) in [4.78, 5) is 25.3. The van der Waals surface area contributed by atoms with E-state index in [0.717, 1.165) is 29.2 Å². The van der Waals surface area contributed by atoms with Crippen LogP contribution in [0.5, 0.6) is 0 Å². The zero-order valence-electron chi connectivity index (χ0n) is 16.3. The maximum Gasteiger partial charge on any atom is 0.243 e. The van der Waals surface area contributed by atoms with Crippen LogP contribution in [0.2, 0.25) is 0 Å². The van der Waals surface area contributed by atoms with Gasteiger partial charge in [0, 0.05) is 6.04 Å². The topological polar surface area (TPSA) is 58.2 Å². The van der Waals surface area contributed by atoms with Gasteiger partial charge < -0.3 is 10.6 Å². The molecule has 144 valence electrons. The normalized spacial score (nSPS) is 16.3. The average molecular weight is 367 g/mol. The van der Waals surface area contributed by atoms with Crippen molar-refractivity contribution < 1.29 is 9.59 Å². The molecule has 0 aliphatic heterocycles. The molecule has 1 saturated carbocycles. The molecule has 2 amide bonds. The predicted molar refractivity (Wildman–Crippen MR) is 109 cm³/mol. The van der Waals surface area contributed by atoms with Crippen LogP contribution in [0.1, 0.15) is 51.5 Å². The van der Waals surface area contributed by atoms with Crippen molar-refractivity contribution in [2.45, 2.75) is 64.5 Å². The number of nitrogens with one attached hydrogen (secondary N) is 2. The summed E-state index contributed by atoms with van der Waals surface area (Å²) in [5.41, 5.74) is 0.960. The Bertz CT molecular complexity index is 794. The molecule has 27 heavy (non-hydrogen) atoms. The van der Waals surface area contributed by atoms with Crippen molar-refractivity contribution in [3.05, 3.63) is 48.0 Å². The highest BCUT2D eigenvalue weighted by molar-refractivity contribution is 5.89. The van der Waals surface area contributed by atoms with Gasteiger partial charge in [-0.05, 0) is 35.1 Å². The Hall–Kier alpha value is -2.36. The molecule has 3 rings (SSSR count). The molecule has 4 heteroatoms. The van der Waals surface area contributed by atoms with Gasteiger partial charge in [-0.1, -0.05) is 75.6 Å². The van der Waals surface area contributed by atoms with E-state index < -0.39 is 6.04 Å². The van der Waals surface area contributed by atoms with E-state index in [0.29, 0.717) is 0 Å². The largest absolute Gasteiger partial charge is 0.352 e. The lowest BCUT2D eigenvalue weighted by Crippen LogP contribution is -2.52. The first kappa shape index (κ1) is 19.4. The Morgan fingerprint density at radius 1 is 1.00 bits per heavy atom. The molecule has 0 radical (unpaired) electrons. The van der Waals surface area contributed by atoms with Crippen LogP contribution in [0.3, 0.4) is 0 Å². The van der Waals surface area contributed by atoms with Crippen LogP contribution in [0.4, 0.5) is 0 Å². The number of carbonyl (C=O) groups is 2. The van der Waals surface area contributed by atoms with Crippen molar-refractivity contribution in [2.24, 2.45) is 5.92 Å². The summed E-state index contributed by atoms with van der Waals surface area (Å²) in [6.45, 7) is 3.95. The fourth-order valence-electron chi connectivity index (χ4n) is 3.83. The van der Waals surface area contributed by atoms with Crippen LogP contribution >= 0.6 is 0 Å². The molecule has 1 aliphatic carbocycles. The highest BCUT2D eigenvalue weighted by Gasteiger charge is 2.26. The summed E-state index contributed by atoms with van der Waals surface area (Å²) in [6.07, 6.45) is 5.97. The second-order valence-corrected chi connectivity index (χ2v) is 7.99. The summed E-state index contributed by atoms with van der Waals surface area (Å²) in [6, 6.07) is 13.9. The molecule has 2 N–H and O–H groups in total. The molecule has 4 nitrogen and oxygen atoms in total. The zero-order chi connectivity index (χ0) is 19.2. The minimum atomic E-state index is -0.486. The Morgan fingerprint density at radius 2 is 1.70 bits per heavy atom. The van der Waals surface area contributed by atoms with E-state index in [1.165, 1.54) is 19.3 Å². The molecule has 0 bridgehead atoms. The van der Waals surface area contributed by atoms with Gasteiger partial charge in [-0.2, -0.15) is 0 Å². The van der Waals surface area contributed by atoms with E-state index in [2.05, 4.69) is 16.7 Å². The van der Waals surface area contributed by atoms with E-state index in [4.69, 9.17) is 0 Å². The van der Waals surface area contributed by atoms with Crippen LogP contribution < -0.4 is 10.6 Å². The smallest absolute Gasteiger partial charge is 0.243 e. The lowest BCUT2D eigenvalue weighted by atomic mass is 9.94. The van der Waals surface area contributed by atoms with Crippen molar-refractivity contribution in [1.29, 1.82) is 0 Å². The van der Waals surface area contributed by atoms with E-state index in [-0.39, 0.29) is 30.2 Å². The molecular formula is C23H30N2O2. The van der Waals surface area contributed by atoms with Crippen molar-refractivity contribution in [3.63, 3.8) is 0 Å². The molecule has 0 spiro atoms. The van der Waals surface area contributed by atoms with Gasteiger partial charge in [0.05, 0.1) is 6.42 Å². The third kappa shape index (κ3) is 5.31. The summed E-state index contributed by atoms with van der Waals surface area (Å²) < 4.78 is 0. The molecule has 1 atom stereocenters. The Kier molecular flexibility index (Phi) is 6.49. The maximum absolute atomic E-state index is 12.7. The first-order valence-electron chi connectivity index (χ1n) is 10.1. The second-order valence-electron chi connectivity index (χ2n) is 7.99. The molecule has 1 unspecified atom stereocenters. The van der Waals surface area contributed by atoms with E-state index in [9.17, 15) is 9.59 Å². The van der Waals surface area contributed by atoms with Gasteiger partial charge in [-0.25, -0.2) is 0 Å². The third-order valence-corrected chi connectivity index (χ3v) is 5.40. The van der Waals surface area contributed by atoms with Gasteiger partial charge in [-0.15, -0.1) is 0 Å². The van der Waals surface area contributed by atoms with Crippen LogP contribution in [-0.2, 0) is 16.0 Å². The fraction of sp³-hybridized carbons (Fsp3) is 0.478. The third-order valence-electron chi connectivity index (χ3n) is 5.40. The Balaban J connectivity index is 1.60. The lowest BCUT2D eigenvalue weighted by molar-refractivity contribution is -0.130. The molecule has 0 saturated heterocycles. The number of rotatable bonds is 6. The zero-order valence-corrected chi connectivity index (χ0v) is 16.3. The summed E-state index contributed by atoms with van der Waals surface area (Å²) in [5, 5.41) is 8.38. The van der Waals surface area contributed by atoms with Crippen LogP contribution in [0.15, 0.2) is 42.5 Å². The van der Waals surface area contributed by atoms with E-state index >= 15 is 0 Å². The lowest BCUT2D eigenvalue weighted by Gasteiger charge is -2.27. The predicted octanol–water partition coefficient (Wildman–Crippen LogP) is 3.97. The monoisotopic (exact) mass is 366 g/mol. The molecule has 0 heterocycles. The van der Waals surface area contributed by atoms with Gasteiger partial charge in [0.25, 0.3) is 0 Å². The highest BCUT2D eigenvalue weighted by Crippen LogP contribution is 2.18. The van der Waals surface area contributed by atoms with Gasteiger partial charge >= 0.3 is 0 Å². The van der Waals surface area contributed by atoms with Gasteiger partial charge in [0.15, 0.2) is 0 Å². The van der Waals surface area contributed by atoms with E-state index in [1.54, 1.807) is 0 Å². The van der Waals surface area contributed by atoms with Crippen molar-refractivity contribution in [1.82, 2.24) is 10.6 Å². The fourth-order valence-corrected chi connectivity index (χ4v) is 3.83. The van der Waals surface area contributed by atoms with Crippen molar-refractivity contribution in [3.8, 4) is 0 Å². The minimum absolute atomic E-state index is 0.0501. The van der Waals surface area contributed by atoms with E-state index in [1.807, 2.05) is 50.2 Å². The SMILES string of the molecule is CC(C)C(NC(=O)Cc1ccc2ccccc2c1)C(=O)NC1CCCCC1. The summed E-state index contributed by atoms with van der Waals surface area (Å²) in [7, 11) is 0. The molecule has 0 aromatic heterocycles. The van der Waals surface area contributed by atoms with Crippen molar-refractivity contribution in [2.75, 3.05) is 0 Å². The number of hydrogen-bond acceptors (Lipinski definition) is 2. The number of benzene rings is 2. The number of amides is 2. The average Bonchev–Trinajstić information content (AvgIpc) is 2.66. The van der Waals surface area contributed by atoms with Crippen LogP contribution in [-0.4, -0.2) is 23.9 Å². The maximum atomic E-state index is 12.7. The first-order chi connectivity index (χ1) is 13.0. The molecule has 2 aromatic rings. The second kappa shape index (κ2) is 9.03.